The van der Waals surface area contributed by atoms with Gasteiger partial charge in [-0.25, -0.2) is 14.3 Å². The number of carbonyl (C=O) groups excluding carboxylic acids is 2. The molecule has 0 aliphatic carbocycles. The van der Waals surface area contributed by atoms with Crippen molar-refractivity contribution in [3.05, 3.63) is 81.0 Å². The quantitative estimate of drug-likeness (QED) is 0.346. The lowest BCUT2D eigenvalue weighted by molar-refractivity contribution is -0.116. The van der Waals surface area contributed by atoms with Crippen molar-refractivity contribution in [3.8, 4) is 5.69 Å². The number of ketones is 1. The molecule has 2 aromatic carbocycles. The van der Waals surface area contributed by atoms with E-state index in [2.05, 4.69) is 10.3 Å². The van der Waals surface area contributed by atoms with Gasteiger partial charge in [-0.05, 0) is 37.4 Å². The zero-order chi connectivity index (χ0) is 22.8. The second kappa shape index (κ2) is 8.93. The molecule has 0 aliphatic rings. The van der Waals surface area contributed by atoms with Gasteiger partial charge in [0.2, 0.25) is 5.91 Å². The Hall–Kier alpha value is -3.50. The molecule has 0 bridgehead atoms. The second-order valence-electron chi connectivity index (χ2n) is 6.87. The van der Waals surface area contributed by atoms with Crippen LogP contribution in [-0.2, 0) is 11.3 Å². The molecule has 8 nitrogen and oxygen atoms in total. The van der Waals surface area contributed by atoms with Crippen molar-refractivity contribution >= 4 is 50.8 Å². The van der Waals surface area contributed by atoms with Gasteiger partial charge in [-0.15, -0.1) is 11.3 Å². The molecule has 1 N–H and O–H groups in total. The van der Waals surface area contributed by atoms with Crippen LogP contribution in [0.2, 0.25) is 0 Å². The Morgan fingerprint density at radius 2 is 1.84 bits per heavy atom. The zero-order valence-electron chi connectivity index (χ0n) is 17.2. The van der Waals surface area contributed by atoms with Crippen LogP contribution < -0.4 is 16.6 Å². The number of Topliss-reactive ketones (excluding diaryl/α,β-unsaturated/α-hetero) is 1. The molecule has 2 heterocycles. The number of nitrogens with one attached hydrogen (secondary N) is 1. The van der Waals surface area contributed by atoms with Crippen molar-refractivity contribution in [1.29, 1.82) is 0 Å². The average Bonchev–Trinajstić information content (AvgIpc) is 3.22. The molecule has 0 aliphatic heterocycles. The maximum absolute atomic E-state index is 13.3. The van der Waals surface area contributed by atoms with Crippen molar-refractivity contribution in [3.63, 3.8) is 0 Å². The SMILES string of the molecule is CSc1nc2c(s1)c(=O)n(-c1ccccc1)c(=O)n2CC(=O)Nc1cccc(C(C)=O)c1. The predicted octanol–water partition coefficient (Wildman–Crippen LogP) is 3.17. The highest BCUT2D eigenvalue weighted by Crippen LogP contribution is 2.25. The van der Waals surface area contributed by atoms with Crippen LogP contribution in [0.1, 0.15) is 17.3 Å². The number of hydrogen-bond acceptors (Lipinski definition) is 7. The Morgan fingerprint density at radius 1 is 1.09 bits per heavy atom. The van der Waals surface area contributed by atoms with Crippen LogP contribution in [-0.4, -0.2) is 32.1 Å². The molecule has 0 saturated carbocycles. The van der Waals surface area contributed by atoms with Gasteiger partial charge >= 0.3 is 5.69 Å². The molecule has 0 spiro atoms. The van der Waals surface area contributed by atoms with E-state index in [0.717, 1.165) is 4.57 Å². The number of benzene rings is 2. The van der Waals surface area contributed by atoms with Gasteiger partial charge in [0.1, 0.15) is 11.2 Å². The number of fused-ring (bicyclic) bond motifs is 1. The molecule has 10 heteroatoms. The molecule has 0 saturated heterocycles. The first-order chi connectivity index (χ1) is 15.4. The van der Waals surface area contributed by atoms with E-state index in [1.807, 2.05) is 6.26 Å². The summed E-state index contributed by atoms with van der Waals surface area (Å²) in [5.41, 5.74) is 0.357. The van der Waals surface area contributed by atoms with Crippen LogP contribution in [0.5, 0.6) is 0 Å². The Kier molecular flexibility index (Phi) is 6.06. The van der Waals surface area contributed by atoms with E-state index in [-0.39, 0.29) is 18.0 Å². The number of carbonyl (C=O) groups is 2. The molecule has 32 heavy (non-hydrogen) atoms. The Balaban J connectivity index is 1.79. The van der Waals surface area contributed by atoms with Crippen LogP contribution in [0.4, 0.5) is 5.69 Å². The van der Waals surface area contributed by atoms with E-state index in [0.29, 0.717) is 26.0 Å². The Bertz CT molecular complexity index is 1450. The summed E-state index contributed by atoms with van der Waals surface area (Å²) in [7, 11) is 0. The fraction of sp³-hybridized carbons (Fsp3) is 0.136. The summed E-state index contributed by atoms with van der Waals surface area (Å²) >= 11 is 2.54. The van der Waals surface area contributed by atoms with Crippen LogP contribution >= 0.6 is 23.1 Å². The minimum absolute atomic E-state index is 0.124. The van der Waals surface area contributed by atoms with Gasteiger partial charge in [0.25, 0.3) is 5.56 Å². The van der Waals surface area contributed by atoms with Gasteiger partial charge in [0, 0.05) is 11.3 Å². The van der Waals surface area contributed by atoms with Gasteiger partial charge in [-0.2, -0.15) is 0 Å². The van der Waals surface area contributed by atoms with Crippen molar-refractivity contribution in [2.45, 2.75) is 17.8 Å². The first-order valence-electron chi connectivity index (χ1n) is 9.55. The highest BCUT2D eigenvalue weighted by molar-refractivity contribution is 8.00. The summed E-state index contributed by atoms with van der Waals surface area (Å²) in [4.78, 5) is 55.2. The maximum Gasteiger partial charge on any atom is 0.337 e. The van der Waals surface area contributed by atoms with Gasteiger partial charge in [0.05, 0.1) is 5.69 Å². The lowest BCUT2D eigenvalue weighted by Gasteiger charge is -2.12. The Labute approximate surface area is 190 Å². The van der Waals surface area contributed by atoms with Crippen molar-refractivity contribution in [2.24, 2.45) is 0 Å². The fourth-order valence-corrected chi connectivity index (χ4v) is 4.70. The topological polar surface area (TPSA) is 103 Å². The van der Waals surface area contributed by atoms with E-state index in [4.69, 9.17) is 0 Å². The van der Waals surface area contributed by atoms with Crippen molar-refractivity contribution in [1.82, 2.24) is 14.1 Å². The third-order valence-corrected chi connectivity index (χ3v) is 6.73. The molecule has 4 aromatic rings. The standard InChI is InChI=1S/C22H18N4O4S2/c1-13(27)14-7-6-8-15(11-14)23-17(28)12-25-19-18(32-21(24-19)31-2)20(29)26(22(25)30)16-9-4-3-5-10-16/h3-11H,12H2,1-2H3,(H,23,28). The first-order valence-corrected chi connectivity index (χ1v) is 11.6. The number of nitrogens with zero attached hydrogens (tertiary/aromatic N) is 3. The molecule has 0 radical (unpaired) electrons. The molecule has 0 unspecified atom stereocenters. The summed E-state index contributed by atoms with van der Waals surface area (Å²) in [6, 6.07) is 15.1. The van der Waals surface area contributed by atoms with E-state index in [1.165, 1.54) is 34.6 Å². The first kappa shape index (κ1) is 21.7. The minimum atomic E-state index is -0.653. The smallest absolute Gasteiger partial charge is 0.325 e. The van der Waals surface area contributed by atoms with E-state index < -0.39 is 17.2 Å². The van der Waals surface area contributed by atoms with Crippen LogP contribution in [0, 0.1) is 0 Å². The number of amides is 1. The fourth-order valence-electron chi connectivity index (χ4n) is 3.21. The molecule has 1 amide bonds. The lowest BCUT2D eigenvalue weighted by Crippen LogP contribution is -2.40. The summed E-state index contributed by atoms with van der Waals surface area (Å²) < 4.78 is 3.16. The maximum atomic E-state index is 13.3. The van der Waals surface area contributed by atoms with Crippen molar-refractivity contribution < 1.29 is 9.59 Å². The summed E-state index contributed by atoms with van der Waals surface area (Å²) in [5.74, 6) is -0.605. The lowest BCUT2D eigenvalue weighted by atomic mass is 10.1. The summed E-state index contributed by atoms with van der Waals surface area (Å²) in [5, 5.41) is 2.70. The van der Waals surface area contributed by atoms with Crippen molar-refractivity contribution in [2.75, 3.05) is 11.6 Å². The molecule has 162 valence electrons. The van der Waals surface area contributed by atoms with Gasteiger partial charge < -0.3 is 5.32 Å². The minimum Gasteiger partial charge on any atom is -0.325 e. The number of rotatable bonds is 6. The third-order valence-electron chi connectivity index (χ3n) is 4.71. The van der Waals surface area contributed by atoms with Gasteiger partial charge in [-0.1, -0.05) is 42.1 Å². The molecular weight excluding hydrogens is 448 g/mol. The number of anilines is 1. The van der Waals surface area contributed by atoms with Gasteiger partial charge in [-0.3, -0.25) is 19.0 Å². The number of hydrogen-bond donors (Lipinski definition) is 1. The number of thiazole rings is 1. The molecule has 2 aromatic heterocycles. The number of para-hydroxylation sites is 1. The van der Waals surface area contributed by atoms with Crippen LogP contribution in [0.15, 0.2) is 68.5 Å². The Morgan fingerprint density at radius 3 is 2.53 bits per heavy atom. The molecule has 0 fully saturated rings. The molecule has 0 atom stereocenters. The molecule has 4 rings (SSSR count). The largest absolute Gasteiger partial charge is 0.337 e. The van der Waals surface area contributed by atoms with E-state index in [9.17, 15) is 19.2 Å². The summed E-state index contributed by atoms with van der Waals surface area (Å²) in [6.45, 7) is 1.10. The van der Waals surface area contributed by atoms with Crippen LogP contribution in [0.3, 0.4) is 0 Å². The number of thioether (sulfide) groups is 1. The normalized spacial score (nSPS) is 10.9. The average molecular weight is 467 g/mol. The van der Waals surface area contributed by atoms with E-state index in [1.54, 1.807) is 54.6 Å². The monoisotopic (exact) mass is 466 g/mol. The second-order valence-corrected chi connectivity index (χ2v) is 8.92. The number of aromatic nitrogens is 3. The zero-order valence-corrected chi connectivity index (χ0v) is 18.8. The van der Waals surface area contributed by atoms with Gasteiger partial charge in [0.15, 0.2) is 15.8 Å². The molecular formula is C22H18N4O4S2. The highest BCUT2D eigenvalue weighted by Gasteiger charge is 2.20. The van der Waals surface area contributed by atoms with E-state index >= 15 is 0 Å². The highest BCUT2D eigenvalue weighted by atomic mass is 32.2. The summed E-state index contributed by atoms with van der Waals surface area (Å²) in [6.07, 6.45) is 1.82. The third kappa shape index (κ3) is 4.14. The predicted molar refractivity (Wildman–Crippen MR) is 126 cm³/mol. The van der Waals surface area contributed by atoms with Crippen LogP contribution in [0.25, 0.3) is 16.0 Å².